The Labute approximate surface area is 63.0 Å². The van der Waals surface area contributed by atoms with E-state index in [-0.39, 0.29) is 11.0 Å². The smallest absolute Gasteiger partial charge is 0.331 e. The molecule has 52 valence electrons. The number of hydrogen-bond donors (Lipinski definition) is 0. The van der Waals surface area contributed by atoms with Crippen molar-refractivity contribution in [3.8, 4) is 0 Å². The van der Waals surface area contributed by atoms with E-state index in [1.807, 2.05) is 0 Å². The molecule has 1 atom stereocenters. The van der Waals surface area contributed by atoms with Crippen LogP contribution in [0.4, 0.5) is 0 Å². The number of halogens is 1. The number of carbonyl (C=O) groups excluding carboxylic acids is 1. The molecule has 0 rings (SSSR count). The summed E-state index contributed by atoms with van der Waals surface area (Å²) in [6.07, 6.45) is 3.01. The van der Waals surface area contributed by atoms with Crippen molar-refractivity contribution in [3.63, 3.8) is 0 Å². The molecule has 0 amide bonds. The van der Waals surface area contributed by atoms with Gasteiger partial charge in [-0.25, -0.2) is 4.79 Å². The quantitative estimate of drug-likeness (QED) is 0.380. The van der Waals surface area contributed by atoms with Gasteiger partial charge in [0.2, 0.25) is 0 Å². The summed E-state index contributed by atoms with van der Waals surface area (Å²) in [4.78, 5) is 10.5. The Bertz CT molecular complexity index is 118. The third-order valence-electron chi connectivity index (χ3n) is 0.581. The minimum Gasteiger partial charge on any atom is -0.448 e. The van der Waals surface area contributed by atoms with Gasteiger partial charge in [-0.1, -0.05) is 6.08 Å². The summed E-state index contributed by atoms with van der Waals surface area (Å²) in [5.41, 5.74) is 0. The lowest BCUT2D eigenvalue weighted by Crippen LogP contribution is -2.05. The SMILES string of the molecule is CC=CC(=O)OC(C)Br. The van der Waals surface area contributed by atoms with Crippen LogP contribution in [0.1, 0.15) is 13.8 Å². The highest BCUT2D eigenvalue weighted by Crippen LogP contribution is 1.99. The van der Waals surface area contributed by atoms with Crippen molar-refractivity contribution >= 4 is 21.9 Å². The van der Waals surface area contributed by atoms with E-state index >= 15 is 0 Å². The molecule has 2 nitrogen and oxygen atoms in total. The average Bonchev–Trinajstić information content (AvgIpc) is 1.63. The zero-order valence-electron chi connectivity index (χ0n) is 5.43. The first-order chi connectivity index (χ1) is 4.16. The highest BCUT2D eigenvalue weighted by Gasteiger charge is 1.98. The summed E-state index contributed by atoms with van der Waals surface area (Å²) in [5, 5.41) is -0.207. The van der Waals surface area contributed by atoms with Crippen LogP contribution in [-0.4, -0.2) is 11.0 Å². The molecule has 0 bridgehead atoms. The van der Waals surface area contributed by atoms with Crippen LogP contribution >= 0.6 is 15.9 Å². The van der Waals surface area contributed by atoms with Crippen LogP contribution in [0.5, 0.6) is 0 Å². The highest BCUT2D eigenvalue weighted by molar-refractivity contribution is 9.09. The summed E-state index contributed by atoms with van der Waals surface area (Å²) >= 11 is 3.07. The Morgan fingerprint density at radius 1 is 1.78 bits per heavy atom. The van der Waals surface area contributed by atoms with Crippen molar-refractivity contribution in [1.29, 1.82) is 0 Å². The number of allylic oxidation sites excluding steroid dienone is 1. The largest absolute Gasteiger partial charge is 0.448 e. The first-order valence-corrected chi connectivity index (χ1v) is 3.55. The first kappa shape index (κ1) is 8.69. The van der Waals surface area contributed by atoms with E-state index in [1.165, 1.54) is 6.08 Å². The van der Waals surface area contributed by atoms with E-state index in [0.29, 0.717) is 0 Å². The van der Waals surface area contributed by atoms with E-state index in [0.717, 1.165) is 0 Å². The molecule has 0 aliphatic heterocycles. The molecule has 0 aliphatic rings. The minimum absolute atomic E-state index is 0.207. The second-order valence-corrected chi connectivity index (χ2v) is 2.77. The highest BCUT2D eigenvalue weighted by atomic mass is 79.9. The Hall–Kier alpha value is -0.310. The Kier molecular flexibility index (Phi) is 4.40. The fourth-order valence-corrected chi connectivity index (χ4v) is 0.520. The lowest BCUT2D eigenvalue weighted by atomic mass is 10.5. The number of alkyl halides is 1. The van der Waals surface area contributed by atoms with Crippen LogP contribution < -0.4 is 0 Å². The molecule has 0 aliphatic carbocycles. The molecule has 0 saturated heterocycles. The van der Waals surface area contributed by atoms with Crippen LogP contribution in [-0.2, 0) is 9.53 Å². The van der Waals surface area contributed by atoms with Crippen molar-refractivity contribution < 1.29 is 9.53 Å². The molecule has 0 aromatic rings. The summed E-state index contributed by atoms with van der Waals surface area (Å²) in [6.45, 7) is 3.50. The molecule has 0 aromatic carbocycles. The van der Waals surface area contributed by atoms with Gasteiger partial charge >= 0.3 is 5.97 Å². The standard InChI is InChI=1S/C6H9BrO2/c1-3-4-6(8)9-5(2)7/h3-5H,1-2H3. The summed E-state index contributed by atoms with van der Waals surface area (Å²) in [6, 6.07) is 0. The third-order valence-corrected chi connectivity index (χ3v) is 0.768. The van der Waals surface area contributed by atoms with Crippen molar-refractivity contribution in [2.75, 3.05) is 0 Å². The number of hydrogen-bond acceptors (Lipinski definition) is 2. The van der Waals surface area contributed by atoms with Crippen LogP contribution in [0.25, 0.3) is 0 Å². The second-order valence-electron chi connectivity index (χ2n) is 1.48. The van der Waals surface area contributed by atoms with Crippen molar-refractivity contribution in [2.24, 2.45) is 0 Å². The molecule has 0 aromatic heterocycles. The Morgan fingerprint density at radius 2 is 2.33 bits per heavy atom. The van der Waals surface area contributed by atoms with E-state index in [2.05, 4.69) is 20.7 Å². The number of ether oxygens (including phenoxy) is 1. The van der Waals surface area contributed by atoms with Gasteiger partial charge in [0.1, 0.15) is 0 Å². The predicted octanol–water partition coefficient (Wildman–Crippen LogP) is 1.85. The van der Waals surface area contributed by atoms with Crippen LogP contribution in [0.3, 0.4) is 0 Å². The monoisotopic (exact) mass is 192 g/mol. The van der Waals surface area contributed by atoms with Crippen molar-refractivity contribution in [1.82, 2.24) is 0 Å². The first-order valence-electron chi connectivity index (χ1n) is 2.64. The van der Waals surface area contributed by atoms with Gasteiger partial charge in [0, 0.05) is 6.08 Å². The molecule has 1 unspecified atom stereocenters. The van der Waals surface area contributed by atoms with E-state index < -0.39 is 0 Å². The predicted molar refractivity (Wildman–Crippen MR) is 39.3 cm³/mol. The van der Waals surface area contributed by atoms with Gasteiger partial charge in [0.15, 0.2) is 5.01 Å². The average molecular weight is 193 g/mol. The van der Waals surface area contributed by atoms with Gasteiger partial charge in [-0.15, -0.1) is 0 Å². The number of carbonyl (C=O) groups is 1. The number of rotatable bonds is 2. The zero-order valence-corrected chi connectivity index (χ0v) is 7.01. The molecule has 9 heavy (non-hydrogen) atoms. The Morgan fingerprint density at radius 3 is 2.67 bits per heavy atom. The maximum absolute atomic E-state index is 10.5. The summed E-state index contributed by atoms with van der Waals surface area (Å²) in [5.74, 6) is -0.318. The molecule has 0 fully saturated rings. The molecule has 0 N–H and O–H groups in total. The molecule has 3 heteroatoms. The van der Waals surface area contributed by atoms with Gasteiger partial charge in [-0.05, 0) is 29.8 Å². The van der Waals surface area contributed by atoms with Gasteiger partial charge in [0.25, 0.3) is 0 Å². The fraction of sp³-hybridized carbons (Fsp3) is 0.500. The maximum Gasteiger partial charge on any atom is 0.331 e. The van der Waals surface area contributed by atoms with Crippen molar-refractivity contribution in [3.05, 3.63) is 12.2 Å². The molecule has 0 saturated carbocycles. The number of esters is 1. The van der Waals surface area contributed by atoms with Crippen molar-refractivity contribution in [2.45, 2.75) is 18.9 Å². The second kappa shape index (κ2) is 4.56. The minimum atomic E-state index is -0.318. The normalized spacial score (nSPS) is 13.7. The summed E-state index contributed by atoms with van der Waals surface area (Å²) in [7, 11) is 0. The zero-order chi connectivity index (χ0) is 7.28. The summed E-state index contributed by atoms with van der Waals surface area (Å²) < 4.78 is 4.68. The molecular weight excluding hydrogens is 184 g/mol. The Balaban J connectivity index is 3.51. The molecule has 0 spiro atoms. The fourth-order valence-electron chi connectivity index (χ4n) is 0.335. The third kappa shape index (κ3) is 5.56. The van der Waals surface area contributed by atoms with Crippen LogP contribution in [0.2, 0.25) is 0 Å². The van der Waals surface area contributed by atoms with Gasteiger partial charge in [0.05, 0.1) is 0 Å². The van der Waals surface area contributed by atoms with Crippen LogP contribution in [0.15, 0.2) is 12.2 Å². The maximum atomic E-state index is 10.5. The lowest BCUT2D eigenvalue weighted by Gasteiger charge is -2.01. The topological polar surface area (TPSA) is 26.3 Å². The molecule has 0 heterocycles. The van der Waals surface area contributed by atoms with E-state index in [9.17, 15) is 4.79 Å². The lowest BCUT2D eigenvalue weighted by molar-refractivity contribution is -0.138. The van der Waals surface area contributed by atoms with E-state index in [1.54, 1.807) is 19.9 Å². The molecule has 0 radical (unpaired) electrons. The molecular formula is C6H9BrO2. The van der Waals surface area contributed by atoms with Gasteiger partial charge < -0.3 is 4.74 Å². The van der Waals surface area contributed by atoms with Crippen LogP contribution in [0, 0.1) is 0 Å². The van der Waals surface area contributed by atoms with Gasteiger partial charge in [-0.2, -0.15) is 0 Å². The van der Waals surface area contributed by atoms with E-state index in [4.69, 9.17) is 0 Å². The van der Waals surface area contributed by atoms with Gasteiger partial charge in [-0.3, -0.25) is 0 Å².